The van der Waals surface area contributed by atoms with Crippen molar-refractivity contribution >= 4 is 6.09 Å². The fourth-order valence-corrected chi connectivity index (χ4v) is 2.71. The smallest absolute Gasteiger partial charge is 0.410 e. The maximum Gasteiger partial charge on any atom is 0.410 e. The lowest BCUT2D eigenvalue weighted by molar-refractivity contribution is 0.0263. The molecule has 0 radical (unpaired) electrons. The van der Waals surface area contributed by atoms with Crippen LogP contribution in [-0.2, 0) is 4.74 Å². The molecule has 0 aromatic rings. The van der Waals surface area contributed by atoms with Gasteiger partial charge in [-0.05, 0) is 39.5 Å². The normalized spacial score (nSPS) is 34.0. The molecule has 2 aliphatic rings. The summed E-state index contributed by atoms with van der Waals surface area (Å²) in [7, 11) is 0. The number of likely N-dealkylation sites (tertiary alicyclic amines) is 1. The van der Waals surface area contributed by atoms with E-state index in [1.165, 1.54) is 0 Å². The molecule has 1 amide bonds. The number of rotatable bonds is 0. The van der Waals surface area contributed by atoms with E-state index in [0.29, 0.717) is 12.5 Å². The number of hydrogen-bond acceptors (Lipinski definition) is 3. The lowest BCUT2D eigenvalue weighted by Gasteiger charge is -2.25. The van der Waals surface area contributed by atoms with Gasteiger partial charge in [0.1, 0.15) is 5.60 Å². The Morgan fingerprint density at radius 2 is 2.00 bits per heavy atom. The Kier molecular flexibility index (Phi) is 2.86. The van der Waals surface area contributed by atoms with Crippen molar-refractivity contribution in [2.24, 2.45) is 11.8 Å². The van der Waals surface area contributed by atoms with Crippen LogP contribution in [0.3, 0.4) is 0 Å². The molecule has 4 nitrogen and oxygen atoms in total. The fourth-order valence-electron chi connectivity index (χ4n) is 2.71. The van der Waals surface area contributed by atoms with E-state index in [-0.39, 0.29) is 18.1 Å². The number of carbonyl (C=O) groups is 1. The van der Waals surface area contributed by atoms with Crippen molar-refractivity contribution in [3.8, 4) is 0 Å². The van der Waals surface area contributed by atoms with E-state index < -0.39 is 5.60 Å². The van der Waals surface area contributed by atoms with Crippen molar-refractivity contribution < 1.29 is 14.6 Å². The van der Waals surface area contributed by atoms with E-state index in [1.807, 2.05) is 20.8 Å². The van der Waals surface area contributed by atoms with Gasteiger partial charge in [0.05, 0.1) is 6.10 Å². The molecule has 0 aromatic carbocycles. The summed E-state index contributed by atoms with van der Waals surface area (Å²) in [6, 6.07) is 0. The van der Waals surface area contributed by atoms with E-state index in [4.69, 9.17) is 4.74 Å². The maximum absolute atomic E-state index is 11.8. The maximum atomic E-state index is 11.8. The van der Waals surface area contributed by atoms with Gasteiger partial charge in [-0.2, -0.15) is 0 Å². The zero-order valence-electron chi connectivity index (χ0n) is 10.3. The molecule has 4 heteroatoms. The third-order valence-corrected chi connectivity index (χ3v) is 3.47. The predicted molar refractivity (Wildman–Crippen MR) is 60.0 cm³/mol. The number of hydrogen-bond donors (Lipinski definition) is 1. The Morgan fingerprint density at radius 3 is 2.56 bits per heavy atom. The van der Waals surface area contributed by atoms with E-state index >= 15 is 0 Å². The molecule has 0 unspecified atom stereocenters. The molecule has 0 spiro atoms. The van der Waals surface area contributed by atoms with Crippen LogP contribution in [0, 0.1) is 11.8 Å². The summed E-state index contributed by atoms with van der Waals surface area (Å²) in [5.74, 6) is 0.745. The van der Waals surface area contributed by atoms with Gasteiger partial charge in [0, 0.05) is 19.0 Å². The molecule has 92 valence electrons. The second-order valence-electron chi connectivity index (χ2n) is 5.95. The summed E-state index contributed by atoms with van der Waals surface area (Å²) < 4.78 is 5.33. The second-order valence-corrected chi connectivity index (χ2v) is 5.95. The summed E-state index contributed by atoms with van der Waals surface area (Å²) in [6.07, 6.45) is 1.45. The standard InChI is InChI=1S/C12H21NO3/c1-12(2,3)16-11(15)13-6-8-4-5-10(14)9(8)7-13/h8-10,14H,4-7H2,1-3H3/t8-,9+,10+/m1/s1. The molecule has 1 saturated carbocycles. The number of fused-ring (bicyclic) bond motifs is 1. The van der Waals surface area contributed by atoms with Crippen molar-refractivity contribution in [3.05, 3.63) is 0 Å². The molecule has 1 saturated heterocycles. The van der Waals surface area contributed by atoms with Crippen LogP contribution < -0.4 is 0 Å². The molecule has 16 heavy (non-hydrogen) atoms. The summed E-state index contributed by atoms with van der Waals surface area (Å²) >= 11 is 0. The molecular weight excluding hydrogens is 206 g/mol. The van der Waals surface area contributed by atoms with Gasteiger partial charge in [-0.25, -0.2) is 4.79 Å². The van der Waals surface area contributed by atoms with E-state index in [1.54, 1.807) is 4.90 Å². The first-order valence-electron chi connectivity index (χ1n) is 6.03. The van der Waals surface area contributed by atoms with Gasteiger partial charge in [-0.1, -0.05) is 0 Å². The summed E-state index contributed by atoms with van der Waals surface area (Å²) in [5.41, 5.74) is -0.437. The van der Waals surface area contributed by atoms with Crippen molar-refractivity contribution in [1.29, 1.82) is 0 Å². The molecule has 2 fully saturated rings. The monoisotopic (exact) mass is 227 g/mol. The molecular formula is C12H21NO3. The molecule has 1 N–H and O–H groups in total. The van der Waals surface area contributed by atoms with Gasteiger partial charge < -0.3 is 14.7 Å². The van der Waals surface area contributed by atoms with Gasteiger partial charge in [0.25, 0.3) is 0 Å². The Balaban J connectivity index is 1.92. The van der Waals surface area contributed by atoms with Crippen molar-refractivity contribution in [2.45, 2.75) is 45.3 Å². The Hall–Kier alpha value is -0.770. The third-order valence-electron chi connectivity index (χ3n) is 3.47. The van der Waals surface area contributed by atoms with Gasteiger partial charge in [-0.3, -0.25) is 0 Å². The van der Waals surface area contributed by atoms with E-state index in [2.05, 4.69) is 0 Å². The highest BCUT2D eigenvalue weighted by molar-refractivity contribution is 5.68. The minimum atomic E-state index is -0.437. The summed E-state index contributed by atoms with van der Waals surface area (Å²) in [6.45, 7) is 7.02. The second kappa shape index (κ2) is 3.91. The number of nitrogens with zero attached hydrogens (tertiary/aromatic N) is 1. The highest BCUT2D eigenvalue weighted by Crippen LogP contribution is 2.38. The minimum Gasteiger partial charge on any atom is -0.444 e. The van der Waals surface area contributed by atoms with Crippen LogP contribution >= 0.6 is 0 Å². The Labute approximate surface area is 96.6 Å². The first-order valence-corrected chi connectivity index (χ1v) is 6.03. The summed E-state index contributed by atoms with van der Waals surface area (Å²) in [5, 5.41) is 9.75. The number of ether oxygens (including phenoxy) is 1. The average molecular weight is 227 g/mol. The largest absolute Gasteiger partial charge is 0.444 e. The Morgan fingerprint density at radius 1 is 1.31 bits per heavy atom. The molecule has 0 bridgehead atoms. The van der Waals surface area contributed by atoms with Crippen LogP contribution in [0.4, 0.5) is 4.79 Å². The van der Waals surface area contributed by atoms with Crippen LogP contribution in [-0.4, -0.2) is 40.9 Å². The van der Waals surface area contributed by atoms with E-state index in [0.717, 1.165) is 19.4 Å². The predicted octanol–water partition coefficient (Wildman–Crippen LogP) is 1.62. The lowest BCUT2D eigenvalue weighted by atomic mass is 10.00. The van der Waals surface area contributed by atoms with Gasteiger partial charge in [0.2, 0.25) is 0 Å². The van der Waals surface area contributed by atoms with Gasteiger partial charge in [0.15, 0.2) is 0 Å². The zero-order valence-corrected chi connectivity index (χ0v) is 10.3. The first-order chi connectivity index (χ1) is 7.37. The minimum absolute atomic E-state index is 0.225. The van der Waals surface area contributed by atoms with Crippen LogP contribution in [0.2, 0.25) is 0 Å². The van der Waals surface area contributed by atoms with E-state index in [9.17, 15) is 9.90 Å². The number of carbonyl (C=O) groups excluding carboxylic acids is 1. The SMILES string of the molecule is CC(C)(C)OC(=O)N1C[C@H]2CC[C@H](O)[C@H]2C1. The van der Waals surface area contributed by atoms with Crippen LogP contribution in [0.25, 0.3) is 0 Å². The average Bonchev–Trinajstić information content (AvgIpc) is 2.65. The number of amides is 1. The number of aliphatic hydroxyl groups excluding tert-OH is 1. The topological polar surface area (TPSA) is 49.8 Å². The quantitative estimate of drug-likeness (QED) is 0.684. The van der Waals surface area contributed by atoms with Gasteiger partial charge >= 0.3 is 6.09 Å². The fraction of sp³-hybridized carbons (Fsp3) is 0.917. The molecule has 1 aliphatic heterocycles. The first kappa shape index (κ1) is 11.7. The number of aliphatic hydroxyl groups is 1. The van der Waals surface area contributed by atoms with Crippen molar-refractivity contribution in [1.82, 2.24) is 4.90 Å². The van der Waals surface area contributed by atoms with Crippen LogP contribution in [0.15, 0.2) is 0 Å². The Bertz CT molecular complexity index is 284. The molecule has 1 heterocycles. The third kappa shape index (κ3) is 2.32. The van der Waals surface area contributed by atoms with Crippen LogP contribution in [0.1, 0.15) is 33.6 Å². The molecule has 0 aromatic heterocycles. The molecule has 1 aliphatic carbocycles. The summed E-state index contributed by atoms with van der Waals surface area (Å²) in [4.78, 5) is 13.6. The van der Waals surface area contributed by atoms with Gasteiger partial charge in [-0.15, -0.1) is 0 Å². The highest BCUT2D eigenvalue weighted by Gasteiger charge is 2.44. The molecule has 2 rings (SSSR count). The lowest BCUT2D eigenvalue weighted by Crippen LogP contribution is -2.36. The highest BCUT2D eigenvalue weighted by atomic mass is 16.6. The van der Waals surface area contributed by atoms with Crippen molar-refractivity contribution in [2.75, 3.05) is 13.1 Å². The van der Waals surface area contributed by atoms with Crippen LogP contribution in [0.5, 0.6) is 0 Å². The molecule has 3 atom stereocenters. The van der Waals surface area contributed by atoms with Crippen molar-refractivity contribution in [3.63, 3.8) is 0 Å². The zero-order chi connectivity index (χ0) is 11.9.